The van der Waals surface area contributed by atoms with Crippen molar-refractivity contribution in [3.8, 4) is 0 Å². The summed E-state index contributed by atoms with van der Waals surface area (Å²) >= 11 is 0. The number of benzene rings is 1. The average molecular weight is 421 g/mol. The fourth-order valence-corrected chi connectivity index (χ4v) is 5.25. The Morgan fingerprint density at radius 3 is 2.66 bits per heavy atom. The van der Waals surface area contributed by atoms with Gasteiger partial charge < -0.3 is 14.6 Å². The van der Waals surface area contributed by atoms with Crippen molar-refractivity contribution in [2.24, 2.45) is 0 Å². The summed E-state index contributed by atoms with van der Waals surface area (Å²) in [5.41, 5.74) is 1.15. The highest BCUT2D eigenvalue weighted by Crippen LogP contribution is 2.30. The number of amides is 1. The standard InChI is InChI=1S/C19H23N3O6S/c1-13-18(14(2)28-21-13)29(25,26)22-10-6-9-16(22)19(24)27-12-17(23)20-11-15-7-4-3-5-8-15/h3-5,7-8,16H,6,9-12H2,1-2H3,(H,20,23)/t16-/m0/s1. The summed E-state index contributed by atoms with van der Waals surface area (Å²) < 4.78 is 37.1. The molecule has 2 heterocycles. The Balaban J connectivity index is 1.59. The summed E-state index contributed by atoms with van der Waals surface area (Å²) in [6.45, 7) is 3.07. The maximum absolute atomic E-state index is 13.0. The van der Waals surface area contributed by atoms with Crippen LogP contribution in [0, 0.1) is 13.8 Å². The molecular weight excluding hydrogens is 398 g/mol. The highest BCUT2D eigenvalue weighted by Gasteiger charge is 2.42. The molecule has 1 aromatic heterocycles. The molecule has 1 aliphatic heterocycles. The summed E-state index contributed by atoms with van der Waals surface area (Å²) in [6, 6.07) is 8.34. The number of aryl methyl sites for hydroxylation is 2. The molecule has 10 heteroatoms. The van der Waals surface area contributed by atoms with Gasteiger partial charge in [-0.15, -0.1) is 0 Å². The van der Waals surface area contributed by atoms with E-state index in [1.165, 1.54) is 13.8 Å². The molecule has 1 atom stereocenters. The number of nitrogens with zero attached hydrogens (tertiary/aromatic N) is 2. The molecule has 0 radical (unpaired) electrons. The molecule has 1 amide bonds. The normalized spacial score (nSPS) is 17.2. The quantitative estimate of drug-likeness (QED) is 0.669. The van der Waals surface area contributed by atoms with Gasteiger partial charge in [-0.05, 0) is 32.3 Å². The second kappa shape index (κ2) is 8.75. The maximum Gasteiger partial charge on any atom is 0.324 e. The summed E-state index contributed by atoms with van der Waals surface area (Å²) in [7, 11) is -3.96. The molecule has 156 valence electrons. The van der Waals surface area contributed by atoms with Crippen LogP contribution in [0.4, 0.5) is 0 Å². The van der Waals surface area contributed by atoms with Gasteiger partial charge in [0.25, 0.3) is 5.91 Å². The Kier molecular flexibility index (Phi) is 6.33. The van der Waals surface area contributed by atoms with Gasteiger partial charge in [0, 0.05) is 13.1 Å². The van der Waals surface area contributed by atoms with Crippen molar-refractivity contribution in [2.45, 2.75) is 44.2 Å². The van der Waals surface area contributed by atoms with Gasteiger partial charge in [-0.2, -0.15) is 4.31 Å². The number of carbonyl (C=O) groups excluding carboxylic acids is 2. The van der Waals surface area contributed by atoms with Crippen LogP contribution in [0.2, 0.25) is 0 Å². The maximum atomic E-state index is 13.0. The number of aromatic nitrogens is 1. The third-order valence-electron chi connectivity index (χ3n) is 4.69. The Bertz CT molecular complexity index is 967. The van der Waals surface area contributed by atoms with E-state index in [4.69, 9.17) is 9.26 Å². The highest BCUT2D eigenvalue weighted by atomic mass is 32.2. The molecule has 0 bridgehead atoms. The Morgan fingerprint density at radius 1 is 1.28 bits per heavy atom. The van der Waals surface area contributed by atoms with E-state index in [9.17, 15) is 18.0 Å². The number of nitrogens with one attached hydrogen (secondary N) is 1. The van der Waals surface area contributed by atoms with Crippen LogP contribution in [0.15, 0.2) is 39.8 Å². The first-order valence-corrected chi connectivity index (χ1v) is 10.7. The van der Waals surface area contributed by atoms with E-state index < -0.39 is 34.5 Å². The fourth-order valence-electron chi connectivity index (χ4n) is 3.30. The van der Waals surface area contributed by atoms with Crippen LogP contribution in [0.1, 0.15) is 29.9 Å². The molecule has 1 saturated heterocycles. The zero-order valence-electron chi connectivity index (χ0n) is 16.3. The molecule has 0 saturated carbocycles. The number of carbonyl (C=O) groups is 2. The molecule has 3 rings (SSSR count). The topological polar surface area (TPSA) is 119 Å². The zero-order chi connectivity index (χ0) is 21.0. The van der Waals surface area contributed by atoms with Gasteiger partial charge in [-0.3, -0.25) is 9.59 Å². The minimum atomic E-state index is -3.96. The summed E-state index contributed by atoms with van der Waals surface area (Å²) in [6.07, 6.45) is 0.843. The first kappa shape index (κ1) is 21.0. The number of ether oxygens (including phenoxy) is 1. The number of hydrogen-bond acceptors (Lipinski definition) is 7. The summed E-state index contributed by atoms with van der Waals surface area (Å²) in [4.78, 5) is 24.4. The first-order valence-electron chi connectivity index (χ1n) is 9.22. The lowest BCUT2D eigenvalue weighted by Gasteiger charge is -2.22. The van der Waals surface area contributed by atoms with Crippen LogP contribution in [-0.4, -0.2) is 48.9 Å². The lowest BCUT2D eigenvalue weighted by atomic mass is 10.2. The van der Waals surface area contributed by atoms with Crippen LogP contribution < -0.4 is 5.32 Å². The predicted molar refractivity (Wildman–Crippen MR) is 102 cm³/mol. The fraction of sp³-hybridized carbons (Fsp3) is 0.421. The monoisotopic (exact) mass is 421 g/mol. The molecule has 29 heavy (non-hydrogen) atoms. The van der Waals surface area contributed by atoms with E-state index in [1.807, 2.05) is 30.3 Å². The second-order valence-corrected chi connectivity index (χ2v) is 8.62. The lowest BCUT2D eigenvalue weighted by molar-refractivity contribution is -0.151. The van der Waals surface area contributed by atoms with Crippen molar-refractivity contribution in [1.82, 2.24) is 14.8 Å². The van der Waals surface area contributed by atoms with Crippen LogP contribution in [-0.2, 0) is 30.9 Å². The SMILES string of the molecule is Cc1noc(C)c1S(=O)(=O)N1CCC[C@H]1C(=O)OCC(=O)NCc1ccccc1. The summed E-state index contributed by atoms with van der Waals surface area (Å²) in [5, 5.41) is 6.33. The molecule has 9 nitrogen and oxygen atoms in total. The molecule has 0 spiro atoms. The van der Waals surface area contributed by atoms with Gasteiger partial charge in [0.15, 0.2) is 12.4 Å². The Labute approximate surface area is 169 Å². The smallest absolute Gasteiger partial charge is 0.324 e. The van der Waals surface area contributed by atoms with Gasteiger partial charge in [0.1, 0.15) is 16.6 Å². The largest absolute Gasteiger partial charge is 0.454 e. The van der Waals surface area contributed by atoms with Crippen molar-refractivity contribution in [1.29, 1.82) is 0 Å². The predicted octanol–water partition coefficient (Wildman–Crippen LogP) is 1.30. The van der Waals surface area contributed by atoms with E-state index in [0.29, 0.717) is 19.4 Å². The Hall–Kier alpha value is -2.72. The molecule has 2 aromatic rings. The van der Waals surface area contributed by atoms with Crippen molar-refractivity contribution in [3.63, 3.8) is 0 Å². The minimum Gasteiger partial charge on any atom is -0.454 e. The van der Waals surface area contributed by atoms with E-state index in [1.54, 1.807) is 0 Å². The van der Waals surface area contributed by atoms with Crippen LogP contribution in [0.25, 0.3) is 0 Å². The van der Waals surface area contributed by atoms with E-state index in [2.05, 4.69) is 10.5 Å². The molecule has 0 aliphatic carbocycles. The number of sulfonamides is 1. The van der Waals surface area contributed by atoms with Crippen molar-refractivity contribution < 1.29 is 27.3 Å². The third-order valence-corrected chi connectivity index (χ3v) is 6.84. The van der Waals surface area contributed by atoms with Crippen LogP contribution in [0.5, 0.6) is 0 Å². The molecule has 1 aliphatic rings. The van der Waals surface area contributed by atoms with Crippen LogP contribution in [0.3, 0.4) is 0 Å². The average Bonchev–Trinajstić information content (AvgIpc) is 3.32. The van der Waals surface area contributed by atoms with Gasteiger partial charge in [0.05, 0.1) is 0 Å². The van der Waals surface area contributed by atoms with E-state index >= 15 is 0 Å². The van der Waals surface area contributed by atoms with Gasteiger partial charge in [-0.25, -0.2) is 8.42 Å². The molecular formula is C19H23N3O6S. The lowest BCUT2D eigenvalue weighted by Crippen LogP contribution is -2.42. The van der Waals surface area contributed by atoms with E-state index in [0.717, 1.165) is 9.87 Å². The third kappa shape index (κ3) is 4.65. The molecule has 1 fully saturated rings. The molecule has 1 aromatic carbocycles. The van der Waals surface area contributed by atoms with Gasteiger partial charge in [0.2, 0.25) is 10.0 Å². The van der Waals surface area contributed by atoms with E-state index in [-0.39, 0.29) is 22.9 Å². The van der Waals surface area contributed by atoms with Gasteiger partial charge in [-0.1, -0.05) is 35.5 Å². The van der Waals surface area contributed by atoms with Crippen molar-refractivity contribution >= 4 is 21.9 Å². The van der Waals surface area contributed by atoms with Crippen LogP contribution >= 0.6 is 0 Å². The Morgan fingerprint density at radius 2 is 2.00 bits per heavy atom. The van der Waals surface area contributed by atoms with Gasteiger partial charge >= 0.3 is 5.97 Å². The first-order chi connectivity index (χ1) is 13.8. The number of esters is 1. The number of rotatable bonds is 7. The van der Waals surface area contributed by atoms with Crippen molar-refractivity contribution in [2.75, 3.05) is 13.2 Å². The molecule has 1 N–H and O–H groups in total. The van der Waals surface area contributed by atoms with Crippen molar-refractivity contribution in [3.05, 3.63) is 47.3 Å². The minimum absolute atomic E-state index is 0.0298. The summed E-state index contributed by atoms with van der Waals surface area (Å²) in [5.74, 6) is -1.03. The number of hydrogen-bond donors (Lipinski definition) is 1. The highest BCUT2D eigenvalue weighted by molar-refractivity contribution is 7.89. The molecule has 0 unspecified atom stereocenters. The zero-order valence-corrected chi connectivity index (χ0v) is 17.1. The second-order valence-electron chi connectivity index (χ2n) is 6.80.